The molecule has 1 amide bonds. The summed E-state index contributed by atoms with van der Waals surface area (Å²) in [5.41, 5.74) is 6.78. The molecule has 0 aliphatic carbocycles. The van der Waals surface area contributed by atoms with Crippen molar-refractivity contribution >= 4 is 11.6 Å². The van der Waals surface area contributed by atoms with Gasteiger partial charge in [0.25, 0.3) is 5.91 Å². The van der Waals surface area contributed by atoms with Gasteiger partial charge in [-0.05, 0) is 36.1 Å². The Morgan fingerprint density at radius 1 is 0.815 bits per heavy atom. The summed E-state index contributed by atoms with van der Waals surface area (Å²) in [6, 6.07) is 25.0. The van der Waals surface area contributed by atoms with Gasteiger partial charge in [-0.25, -0.2) is 0 Å². The lowest BCUT2D eigenvalue weighted by Crippen LogP contribution is -3.08. The van der Waals surface area contributed by atoms with Gasteiger partial charge in [-0.2, -0.15) is 0 Å². The quantitative estimate of drug-likeness (QED) is 0.692. The van der Waals surface area contributed by atoms with E-state index in [1.807, 2.05) is 38.1 Å². The fourth-order valence-corrected chi connectivity index (χ4v) is 3.33. The van der Waals surface area contributed by atoms with Crippen LogP contribution in [0.25, 0.3) is 11.1 Å². The number of anilines is 1. The van der Waals surface area contributed by atoms with Crippen molar-refractivity contribution in [3.8, 4) is 11.1 Å². The van der Waals surface area contributed by atoms with Crippen molar-refractivity contribution < 1.29 is 9.69 Å². The zero-order valence-corrected chi connectivity index (χ0v) is 16.3. The topological polar surface area (TPSA) is 33.5 Å². The predicted octanol–water partition coefficient (Wildman–Crippen LogP) is 3.62. The van der Waals surface area contributed by atoms with Gasteiger partial charge in [0.05, 0.1) is 7.05 Å². The van der Waals surface area contributed by atoms with Gasteiger partial charge < -0.3 is 10.2 Å². The summed E-state index contributed by atoms with van der Waals surface area (Å²) in [5, 5.41) is 3.07. The number of benzene rings is 3. The molecule has 3 aromatic carbocycles. The molecule has 0 spiro atoms. The molecule has 138 valence electrons. The number of carbonyl (C=O) groups excluding carboxylic acids is 1. The van der Waals surface area contributed by atoms with E-state index in [0.717, 1.165) is 28.3 Å². The fraction of sp³-hybridized carbons (Fsp3) is 0.208. The number of likely N-dealkylation sites (N-methyl/N-ethyl adjacent to an activating group) is 1. The Bertz CT molecular complexity index is 881. The number of quaternary nitrogens is 1. The Balaban J connectivity index is 1.57. The highest BCUT2D eigenvalue weighted by Crippen LogP contribution is 2.20. The van der Waals surface area contributed by atoms with E-state index >= 15 is 0 Å². The van der Waals surface area contributed by atoms with Gasteiger partial charge in [0.1, 0.15) is 6.54 Å². The highest BCUT2D eigenvalue weighted by atomic mass is 16.2. The number of amides is 1. The molecule has 0 saturated carbocycles. The van der Waals surface area contributed by atoms with E-state index in [4.69, 9.17) is 0 Å². The third-order valence-electron chi connectivity index (χ3n) is 4.77. The maximum atomic E-state index is 12.4. The number of para-hydroxylation sites is 1. The van der Waals surface area contributed by atoms with Gasteiger partial charge in [0.15, 0.2) is 6.54 Å². The van der Waals surface area contributed by atoms with E-state index in [-0.39, 0.29) is 5.91 Å². The second-order valence-corrected chi connectivity index (χ2v) is 7.19. The Hall–Kier alpha value is -2.91. The van der Waals surface area contributed by atoms with Crippen LogP contribution >= 0.6 is 0 Å². The van der Waals surface area contributed by atoms with Crippen molar-refractivity contribution in [2.45, 2.75) is 20.4 Å². The van der Waals surface area contributed by atoms with Crippen molar-refractivity contribution in [3.63, 3.8) is 0 Å². The van der Waals surface area contributed by atoms with Crippen LogP contribution in [0.2, 0.25) is 0 Å². The molecular weight excluding hydrogens is 332 g/mol. The Morgan fingerprint density at radius 3 is 2.04 bits per heavy atom. The second kappa shape index (κ2) is 8.65. The zero-order chi connectivity index (χ0) is 19.2. The SMILES string of the molecule is Cc1cccc(C)c1NC(=O)C[NH+](C)Cc1ccc(-c2ccccc2)cc1. The van der Waals surface area contributed by atoms with Crippen molar-refractivity contribution in [1.82, 2.24) is 0 Å². The summed E-state index contributed by atoms with van der Waals surface area (Å²) in [5.74, 6) is 0.0470. The minimum atomic E-state index is 0.0470. The normalized spacial score (nSPS) is 11.8. The first-order valence-corrected chi connectivity index (χ1v) is 9.34. The maximum absolute atomic E-state index is 12.4. The van der Waals surface area contributed by atoms with Crippen molar-refractivity contribution in [1.29, 1.82) is 0 Å². The minimum absolute atomic E-state index is 0.0470. The molecule has 3 nitrogen and oxygen atoms in total. The van der Waals surface area contributed by atoms with Crippen LogP contribution in [0, 0.1) is 13.8 Å². The molecule has 2 N–H and O–H groups in total. The molecule has 3 heteroatoms. The third kappa shape index (κ3) is 5.05. The largest absolute Gasteiger partial charge is 0.326 e. The summed E-state index contributed by atoms with van der Waals surface area (Å²) in [6.45, 7) is 5.30. The molecule has 0 aliphatic rings. The summed E-state index contributed by atoms with van der Waals surface area (Å²) in [4.78, 5) is 13.6. The summed E-state index contributed by atoms with van der Waals surface area (Å²) < 4.78 is 0. The maximum Gasteiger partial charge on any atom is 0.279 e. The van der Waals surface area contributed by atoms with Gasteiger partial charge in [0.2, 0.25) is 0 Å². The monoisotopic (exact) mass is 359 g/mol. The van der Waals surface area contributed by atoms with Crippen LogP contribution in [-0.2, 0) is 11.3 Å². The van der Waals surface area contributed by atoms with Crippen LogP contribution in [0.3, 0.4) is 0 Å². The zero-order valence-electron chi connectivity index (χ0n) is 16.3. The summed E-state index contributed by atoms with van der Waals surface area (Å²) in [7, 11) is 2.05. The smallest absolute Gasteiger partial charge is 0.279 e. The Morgan fingerprint density at radius 2 is 1.41 bits per heavy atom. The molecule has 27 heavy (non-hydrogen) atoms. The highest BCUT2D eigenvalue weighted by molar-refractivity contribution is 5.93. The molecule has 3 rings (SSSR count). The van der Waals surface area contributed by atoms with Crippen molar-refractivity contribution in [2.24, 2.45) is 0 Å². The lowest BCUT2D eigenvalue weighted by atomic mass is 10.0. The summed E-state index contributed by atoms with van der Waals surface area (Å²) in [6.07, 6.45) is 0. The van der Waals surface area contributed by atoms with Crippen LogP contribution in [0.15, 0.2) is 72.8 Å². The number of hydrogen-bond donors (Lipinski definition) is 2. The molecule has 1 atom stereocenters. The molecule has 0 heterocycles. The van der Waals surface area contributed by atoms with Crippen LogP contribution in [0.4, 0.5) is 5.69 Å². The lowest BCUT2D eigenvalue weighted by molar-refractivity contribution is -0.885. The first-order chi connectivity index (χ1) is 13.0. The second-order valence-electron chi connectivity index (χ2n) is 7.19. The molecular formula is C24H27N2O+. The van der Waals surface area contributed by atoms with E-state index < -0.39 is 0 Å². The van der Waals surface area contributed by atoms with E-state index in [9.17, 15) is 4.79 Å². The number of hydrogen-bond acceptors (Lipinski definition) is 1. The van der Waals surface area contributed by atoms with E-state index in [1.165, 1.54) is 16.7 Å². The van der Waals surface area contributed by atoms with Crippen molar-refractivity contribution in [3.05, 3.63) is 89.5 Å². The average Bonchev–Trinajstić information content (AvgIpc) is 2.66. The van der Waals surface area contributed by atoms with Gasteiger partial charge in [-0.15, -0.1) is 0 Å². The first kappa shape index (κ1) is 18.9. The molecule has 0 aromatic heterocycles. The summed E-state index contributed by atoms with van der Waals surface area (Å²) >= 11 is 0. The fourth-order valence-electron chi connectivity index (χ4n) is 3.33. The van der Waals surface area contributed by atoms with Crippen molar-refractivity contribution in [2.75, 3.05) is 18.9 Å². The molecule has 1 unspecified atom stereocenters. The van der Waals surface area contributed by atoms with Gasteiger partial charge >= 0.3 is 0 Å². The predicted molar refractivity (Wildman–Crippen MR) is 112 cm³/mol. The van der Waals surface area contributed by atoms with Crippen LogP contribution in [-0.4, -0.2) is 19.5 Å². The molecule has 3 aromatic rings. The van der Waals surface area contributed by atoms with E-state index in [1.54, 1.807) is 0 Å². The molecule has 0 bridgehead atoms. The standard InChI is InChI=1S/C24H26N2O/c1-18-8-7-9-19(2)24(18)25-23(27)17-26(3)16-20-12-14-22(15-13-20)21-10-5-4-6-11-21/h4-15H,16-17H2,1-3H3,(H,25,27)/p+1. The average molecular weight is 359 g/mol. The number of carbonyl (C=O) groups is 1. The van der Waals surface area contributed by atoms with Gasteiger partial charge in [-0.1, -0.05) is 72.8 Å². The Labute approximate surface area is 161 Å². The van der Waals surface area contributed by atoms with Crippen LogP contribution in [0.1, 0.15) is 16.7 Å². The van der Waals surface area contributed by atoms with Crippen LogP contribution in [0.5, 0.6) is 0 Å². The minimum Gasteiger partial charge on any atom is -0.326 e. The van der Waals surface area contributed by atoms with Crippen LogP contribution < -0.4 is 10.2 Å². The third-order valence-corrected chi connectivity index (χ3v) is 4.77. The molecule has 0 aliphatic heterocycles. The lowest BCUT2D eigenvalue weighted by Gasteiger charge is -2.16. The molecule has 0 radical (unpaired) electrons. The number of rotatable bonds is 6. The highest BCUT2D eigenvalue weighted by Gasteiger charge is 2.13. The van der Waals surface area contributed by atoms with E-state index in [0.29, 0.717) is 6.54 Å². The first-order valence-electron chi connectivity index (χ1n) is 9.34. The van der Waals surface area contributed by atoms with E-state index in [2.05, 4.69) is 60.9 Å². The van der Waals surface area contributed by atoms with Gasteiger partial charge in [0, 0.05) is 11.3 Å². The van der Waals surface area contributed by atoms with Gasteiger partial charge in [-0.3, -0.25) is 4.79 Å². The molecule has 0 saturated heterocycles. The number of aryl methyl sites for hydroxylation is 2. The number of nitrogens with one attached hydrogen (secondary N) is 2. The molecule has 0 fully saturated rings. The Kier molecular flexibility index (Phi) is 6.05.